The van der Waals surface area contributed by atoms with E-state index in [0.29, 0.717) is 0 Å². The van der Waals surface area contributed by atoms with Gasteiger partial charge in [0.1, 0.15) is 0 Å². The Bertz CT molecular complexity index is 435. The van der Waals surface area contributed by atoms with Gasteiger partial charge in [0.15, 0.2) is 0 Å². The van der Waals surface area contributed by atoms with Crippen molar-refractivity contribution in [1.82, 2.24) is 0 Å². The molecule has 3 aliphatic carbocycles. The zero-order valence-electron chi connectivity index (χ0n) is 18.4. The van der Waals surface area contributed by atoms with E-state index in [9.17, 15) is 0 Å². The van der Waals surface area contributed by atoms with E-state index < -0.39 is 0 Å². The molecule has 3 aliphatic rings. The second kappa shape index (κ2) is 11.5. The molecule has 0 aromatic carbocycles. The SMILES string of the molecule is C/C=C/[C@H]1CC[C@H](CC/C=C/C2CCC([C@H]3CC[C@H](CC)CC3)CC2)CC1. The minimum Gasteiger partial charge on any atom is -0.0914 e. The van der Waals surface area contributed by atoms with Crippen LogP contribution in [0, 0.1) is 35.5 Å². The number of allylic oxidation sites excluding steroid dienone is 4. The quantitative estimate of drug-likeness (QED) is 0.393. The standard InChI is InChI=1S/C27H46/c1-3-7-23-10-12-24(13-11-23)8-5-6-9-25-16-20-27(21-17-25)26-18-14-22(4-2)15-19-26/h3,6-7,9,22-27H,4-5,8,10-21H2,1-2H3/b7-3+,9-6+/t22-,23-,24-,25?,26-,27?. The molecule has 0 heterocycles. The fourth-order valence-corrected chi connectivity index (χ4v) is 6.44. The van der Waals surface area contributed by atoms with Gasteiger partial charge in [0.25, 0.3) is 0 Å². The first kappa shape index (κ1) is 21.2. The van der Waals surface area contributed by atoms with Gasteiger partial charge in [0.05, 0.1) is 0 Å². The van der Waals surface area contributed by atoms with E-state index in [0.717, 1.165) is 35.5 Å². The van der Waals surface area contributed by atoms with Crippen molar-refractivity contribution in [1.29, 1.82) is 0 Å². The van der Waals surface area contributed by atoms with Crippen LogP contribution in [0.5, 0.6) is 0 Å². The summed E-state index contributed by atoms with van der Waals surface area (Å²) in [5, 5.41) is 0. The Morgan fingerprint density at radius 3 is 1.74 bits per heavy atom. The highest BCUT2D eigenvalue weighted by molar-refractivity contribution is 4.94. The van der Waals surface area contributed by atoms with Gasteiger partial charge in [0, 0.05) is 0 Å². The summed E-state index contributed by atoms with van der Waals surface area (Å²) in [4.78, 5) is 0. The van der Waals surface area contributed by atoms with E-state index >= 15 is 0 Å². The Morgan fingerprint density at radius 1 is 0.630 bits per heavy atom. The average molecular weight is 371 g/mol. The molecule has 0 atom stereocenters. The fraction of sp³-hybridized carbons (Fsp3) is 0.852. The molecule has 3 rings (SSSR count). The summed E-state index contributed by atoms with van der Waals surface area (Å²) in [6, 6.07) is 0. The first-order valence-electron chi connectivity index (χ1n) is 12.6. The van der Waals surface area contributed by atoms with Crippen LogP contribution in [0.25, 0.3) is 0 Å². The summed E-state index contributed by atoms with van der Waals surface area (Å²) < 4.78 is 0. The van der Waals surface area contributed by atoms with Crippen LogP contribution in [0.15, 0.2) is 24.3 Å². The molecule has 154 valence electrons. The van der Waals surface area contributed by atoms with Gasteiger partial charge >= 0.3 is 0 Å². The van der Waals surface area contributed by atoms with Crippen molar-refractivity contribution in [2.24, 2.45) is 35.5 Å². The molecule has 0 nitrogen and oxygen atoms in total. The van der Waals surface area contributed by atoms with Crippen LogP contribution in [-0.4, -0.2) is 0 Å². The third kappa shape index (κ3) is 6.79. The lowest BCUT2D eigenvalue weighted by Gasteiger charge is -2.37. The molecule has 0 N–H and O–H groups in total. The smallest absolute Gasteiger partial charge is 0.0233 e. The van der Waals surface area contributed by atoms with Crippen molar-refractivity contribution < 1.29 is 0 Å². The summed E-state index contributed by atoms with van der Waals surface area (Å²) in [5.41, 5.74) is 0. The molecule has 0 spiro atoms. The van der Waals surface area contributed by atoms with Crippen molar-refractivity contribution in [2.45, 2.75) is 110 Å². The minimum atomic E-state index is 0.883. The van der Waals surface area contributed by atoms with Gasteiger partial charge in [-0.15, -0.1) is 0 Å². The van der Waals surface area contributed by atoms with E-state index in [1.165, 1.54) is 83.5 Å². The number of hydrogen-bond acceptors (Lipinski definition) is 0. The van der Waals surface area contributed by atoms with Gasteiger partial charge in [-0.05, 0) is 119 Å². The third-order valence-electron chi connectivity index (χ3n) is 8.46. The van der Waals surface area contributed by atoms with Crippen LogP contribution in [0.1, 0.15) is 110 Å². The average Bonchev–Trinajstić information content (AvgIpc) is 2.73. The summed E-state index contributed by atoms with van der Waals surface area (Å²) in [5.74, 6) is 5.99. The lowest BCUT2D eigenvalue weighted by Crippen LogP contribution is -2.25. The number of rotatable bonds is 7. The summed E-state index contributed by atoms with van der Waals surface area (Å²) in [6.07, 6.45) is 32.0. The Kier molecular flexibility index (Phi) is 9.01. The van der Waals surface area contributed by atoms with Crippen LogP contribution in [0.2, 0.25) is 0 Å². The molecule has 3 fully saturated rings. The molecule has 0 amide bonds. The maximum atomic E-state index is 2.61. The van der Waals surface area contributed by atoms with Crippen LogP contribution >= 0.6 is 0 Å². The Hall–Kier alpha value is -0.520. The Balaban J connectivity index is 1.27. The normalized spacial score (nSPS) is 38.6. The van der Waals surface area contributed by atoms with Crippen LogP contribution in [0.4, 0.5) is 0 Å². The molecule has 3 saturated carbocycles. The summed E-state index contributed by atoms with van der Waals surface area (Å²) in [7, 11) is 0. The minimum absolute atomic E-state index is 0.883. The molecule has 0 bridgehead atoms. The Labute approximate surface area is 170 Å². The van der Waals surface area contributed by atoms with Gasteiger partial charge in [-0.2, -0.15) is 0 Å². The lowest BCUT2D eigenvalue weighted by molar-refractivity contribution is 0.154. The highest BCUT2D eigenvalue weighted by Gasteiger charge is 2.29. The molecule has 0 unspecified atom stereocenters. The largest absolute Gasteiger partial charge is 0.0914 e. The maximum absolute atomic E-state index is 2.61. The molecule has 0 aromatic heterocycles. The first-order chi connectivity index (χ1) is 13.3. The molecule has 0 heteroatoms. The van der Waals surface area contributed by atoms with Crippen molar-refractivity contribution >= 4 is 0 Å². The van der Waals surface area contributed by atoms with Crippen LogP contribution in [0.3, 0.4) is 0 Å². The molecule has 0 aliphatic heterocycles. The van der Waals surface area contributed by atoms with Crippen molar-refractivity contribution in [3.8, 4) is 0 Å². The third-order valence-corrected chi connectivity index (χ3v) is 8.46. The van der Waals surface area contributed by atoms with Crippen LogP contribution in [-0.2, 0) is 0 Å². The second-order valence-electron chi connectivity index (χ2n) is 10.2. The van der Waals surface area contributed by atoms with Crippen molar-refractivity contribution in [3.63, 3.8) is 0 Å². The second-order valence-corrected chi connectivity index (χ2v) is 10.2. The maximum Gasteiger partial charge on any atom is -0.0233 e. The van der Waals surface area contributed by atoms with E-state index in [1.807, 2.05) is 0 Å². The first-order valence-corrected chi connectivity index (χ1v) is 12.6. The molecule has 27 heavy (non-hydrogen) atoms. The Morgan fingerprint density at radius 2 is 1.15 bits per heavy atom. The van der Waals surface area contributed by atoms with Crippen LogP contribution < -0.4 is 0 Å². The molecule has 0 aromatic rings. The lowest BCUT2D eigenvalue weighted by atomic mass is 9.69. The molecule has 0 saturated heterocycles. The zero-order valence-corrected chi connectivity index (χ0v) is 18.4. The van der Waals surface area contributed by atoms with Gasteiger partial charge in [-0.3, -0.25) is 0 Å². The van der Waals surface area contributed by atoms with Crippen molar-refractivity contribution in [2.75, 3.05) is 0 Å². The van der Waals surface area contributed by atoms with Gasteiger partial charge in [0.2, 0.25) is 0 Å². The molecular weight excluding hydrogens is 324 g/mol. The zero-order chi connectivity index (χ0) is 18.9. The molecule has 0 radical (unpaired) electrons. The highest BCUT2D eigenvalue weighted by Crippen LogP contribution is 2.42. The van der Waals surface area contributed by atoms with Crippen molar-refractivity contribution in [3.05, 3.63) is 24.3 Å². The van der Waals surface area contributed by atoms with Gasteiger partial charge < -0.3 is 0 Å². The monoisotopic (exact) mass is 370 g/mol. The van der Waals surface area contributed by atoms with E-state index in [4.69, 9.17) is 0 Å². The van der Waals surface area contributed by atoms with E-state index in [2.05, 4.69) is 38.2 Å². The topological polar surface area (TPSA) is 0 Å². The summed E-state index contributed by atoms with van der Waals surface area (Å²) in [6.45, 7) is 4.55. The van der Waals surface area contributed by atoms with E-state index in [1.54, 1.807) is 12.8 Å². The van der Waals surface area contributed by atoms with Gasteiger partial charge in [-0.1, -0.05) is 50.5 Å². The predicted molar refractivity (Wildman–Crippen MR) is 120 cm³/mol. The fourth-order valence-electron chi connectivity index (χ4n) is 6.44. The highest BCUT2D eigenvalue weighted by atomic mass is 14.3. The number of hydrogen-bond donors (Lipinski definition) is 0. The summed E-state index contributed by atoms with van der Waals surface area (Å²) >= 11 is 0. The van der Waals surface area contributed by atoms with E-state index in [-0.39, 0.29) is 0 Å². The van der Waals surface area contributed by atoms with Gasteiger partial charge in [-0.25, -0.2) is 0 Å². The predicted octanol–water partition coefficient (Wildman–Crippen LogP) is 8.73. The molecular formula is C27H46.